The molecule has 0 saturated heterocycles. The van der Waals surface area contributed by atoms with Gasteiger partial charge < -0.3 is 18.0 Å². The number of pyridine rings is 2. The summed E-state index contributed by atoms with van der Waals surface area (Å²) in [7, 11) is 0. The van der Waals surface area contributed by atoms with Gasteiger partial charge in [0.25, 0.3) is 0 Å². The van der Waals surface area contributed by atoms with E-state index in [0.717, 1.165) is 138 Å². The van der Waals surface area contributed by atoms with Crippen molar-refractivity contribution in [1.82, 2.24) is 49.0 Å². The zero-order valence-corrected chi connectivity index (χ0v) is 53.5. The molecule has 0 amide bonds. The summed E-state index contributed by atoms with van der Waals surface area (Å²) in [6, 6.07) is 106. The average molecular weight is 1280 g/mol. The van der Waals surface area contributed by atoms with E-state index in [9.17, 15) is 0 Å². The average Bonchev–Trinajstić information content (AvgIpc) is 1.56. The highest BCUT2D eigenvalue weighted by atomic mass is 16.3. The van der Waals surface area contributed by atoms with Gasteiger partial charge in [0.1, 0.15) is 28.0 Å². The van der Waals surface area contributed by atoms with Crippen LogP contribution >= 0.6 is 0 Å². The molecule has 0 fully saturated rings. The Bertz CT molecular complexity index is 6430. The highest BCUT2D eigenvalue weighted by molar-refractivity contribution is 6.17. The second-order valence-electron chi connectivity index (χ2n) is 24.6. The zero-order chi connectivity index (χ0) is 66.0. The van der Waals surface area contributed by atoms with Gasteiger partial charge >= 0.3 is 0 Å². The molecule has 0 bridgehead atoms. The minimum absolute atomic E-state index is 0.513. The SMILES string of the molecule is c1ccc(-c2nc(-c3ccccc3)nc(-c3cc(-n4c5ccccc5c5ccc(-c6cccc7oc8ccccc8c67)cc54)ccn3)n2)cc1.c1ccc(-c2nc(-c3ccccc3)nc(-c3cnccc3-n3c4ccccc4c4ccc(-c5cccc6oc7ccccc7c56)cc43)n2)cc1. The highest BCUT2D eigenvalue weighted by Gasteiger charge is 2.23. The number of fused-ring (bicyclic) bond motifs is 12. The molecule has 0 N–H and O–H groups in total. The van der Waals surface area contributed by atoms with Crippen molar-refractivity contribution < 1.29 is 8.83 Å². The summed E-state index contributed by atoms with van der Waals surface area (Å²) < 4.78 is 17.1. The highest BCUT2D eigenvalue weighted by Crippen LogP contribution is 2.44. The van der Waals surface area contributed by atoms with E-state index in [1.54, 1.807) is 0 Å². The summed E-state index contributed by atoms with van der Waals surface area (Å²) in [4.78, 5) is 39.2. The first-order valence-corrected chi connectivity index (χ1v) is 33.1. The van der Waals surface area contributed by atoms with Crippen LogP contribution in [0.15, 0.2) is 337 Å². The molecule has 0 spiro atoms. The molecule has 12 aromatic carbocycles. The van der Waals surface area contributed by atoms with Crippen LogP contribution in [0, 0.1) is 0 Å². The van der Waals surface area contributed by atoms with Gasteiger partial charge in [-0.15, -0.1) is 0 Å². The summed E-state index contributed by atoms with van der Waals surface area (Å²) in [6.07, 6.45) is 5.53. The molecule has 0 saturated carbocycles. The van der Waals surface area contributed by atoms with Crippen molar-refractivity contribution in [3.63, 3.8) is 0 Å². The van der Waals surface area contributed by atoms with Crippen LogP contribution in [-0.2, 0) is 0 Å². The molecule has 0 atom stereocenters. The van der Waals surface area contributed by atoms with Gasteiger partial charge in [-0.1, -0.05) is 243 Å². The van der Waals surface area contributed by atoms with Crippen LogP contribution in [0.1, 0.15) is 0 Å². The first kappa shape index (κ1) is 57.6. The van der Waals surface area contributed by atoms with Gasteiger partial charge in [-0.25, -0.2) is 29.9 Å². The molecule has 0 aliphatic rings. The van der Waals surface area contributed by atoms with Gasteiger partial charge in [0.05, 0.1) is 33.3 Å². The lowest BCUT2D eigenvalue weighted by Crippen LogP contribution is -2.04. The van der Waals surface area contributed by atoms with E-state index in [2.05, 4.69) is 154 Å². The molecule has 0 aliphatic heterocycles. The van der Waals surface area contributed by atoms with Crippen LogP contribution in [0.3, 0.4) is 0 Å². The van der Waals surface area contributed by atoms with Gasteiger partial charge in [-0.3, -0.25) is 9.97 Å². The number of rotatable bonds is 10. The second-order valence-corrected chi connectivity index (χ2v) is 24.6. The predicted molar refractivity (Wildman–Crippen MR) is 402 cm³/mol. The Kier molecular flexibility index (Phi) is 13.9. The van der Waals surface area contributed by atoms with Gasteiger partial charge in [0.15, 0.2) is 34.9 Å². The lowest BCUT2D eigenvalue weighted by atomic mass is 9.98. The summed E-state index contributed by atoms with van der Waals surface area (Å²) >= 11 is 0. The number of benzene rings is 12. The molecule has 12 nitrogen and oxygen atoms in total. The number of aromatic nitrogens is 10. The minimum Gasteiger partial charge on any atom is -0.456 e. The molecule has 20 aromatic rings. The fraction of sp³-hybridized carbons (Fsp3) is 0. The summed E-state index contributed by atoms with van der Waals surface area (Å²) in [5.41, 5.74) is 19.4. The Morgan fingerprint density at radius 3 is 1.15 bits per heavy atom. The molecule has 8 heterocycles. The van der Waals surface area contributed by atoms with Crippen LogP contribution < -0.4 is 0 Å². The maximum absolute atomic E-state index is 6.26. The molecular weight excluding hydrogens is 1230 g/mol. The monoisotopic (exact) mass is 1280 g/mol. The van der Waals surface area contributed by atoms with Crippen molar-refractivity contribution in [2.75, 3.05) is 0 Å². The maximum Gasteiger partial charge on any atom is 0.182 e. The fourth-order valence-corrected chi connectivity index (χ4v) is 14.1. The molecule has 0 radical (unpaired) electrons. The van der Waals surface area contributed by atoms with Crippen molar-refractivity contribution in [2.24, 2.45) is 0 Å². The van der Waals surface area contributed by atoms with E-state index in [-0.39, 0.29) is 0 Å². The largest absolute Gasteiger partial charge is 0.456 e. The topological polar surface area (TPSA) is 139 Å². The van der Waals surface area contributed by atoms with Crippen molar-refractivity contribution in [2.45, 2.75) is 0 Å². The smallest absolute Gasteiger partial charge is 0.182 e. The van der Waals surface area contributed by atoms with Crippen LogP contribution in [0.4, 0.5) is 0 Å². The summed E-state index contributed by atoms with van der Waals surface area (Å²) in [6.45, 7) is 0. The minimum atomic E-state index is 0.513. The van der Waals surface area contributed by atoms with Gasteiger partial charge in [-0.2, -0.15) is 0 Å². The van der Waals surface area contributed by atoms with E-state index in [4.69, 9.17) is 43.7 Å². The van der Waals surface area contributed by atoms with Crippen molar-refractivity contribution >= 4 is 87.5 Å². The third-order valence-corrected chi connectivity index (χ3v) is 18.7. The van der Waals surface area contributed by atoms with Crippen LogP contribution in [0.5, 0.6) is 0 Å². The van der Waals surface area contributed by atoms with E-state index >= 15 is 0 Å². The predicted octanol–water partition coefficient (Wildman–Crippen LogP) is 21.9. The van der Waals surface area contributed by atoms with Crippen molar-refractivity contribution in [3.05, 3.63) is 328 Å². The number of para-hydroxylation sites is 4. The van der Waals surface area contributed by atoms with E-state index in [1.165, 1.54) is 10.8 Å². The fourth-order valence-electron chi connectivity index (χ4n) is 14.1. The Labute approximate surface area is 572 Å². The Hall–Kier alpha value is -13.8. The Morgan fingerprint density at radius 2 is 0.650 bits per heavy atom. The molecule has 100 heavy (non-hydrogen) atoms. The van der Waals surface area contributed by atoms with Crippen molar-refractivity contribution in [1.29, 1.82) is 0 Å². The molecular formula is C88H54N10O2. The molecule has 0 unspecified atom stereocenters. The first-order valence-electron chi connectivity index (χ1n) is 33.1. The number of hydrogen-bond donors (Lipinski definition) is 0. The molecule has 468 valence electrons. The molecule has 20 rings (SSSR count). The normalized spacial score (nSPS) is 11.6. The standard InChI is InChI=1S/2C44H27N5O/c1-3-12-28(13-4-1)42-46-43(29-14-5-2-6-15-29)48-44(47-42)36-27-31(24-25-45-36)49-37-19-9-7-16-33(37)34-23-22-30(26-38(34)49)32-18-11-21-40-41(32)35-17-8-10-20-39(35)50-40;1-3-12-28(13-4-1)42-46-43(29-14-5-2-6-15-29)48-44(47-42)35-27-45-25-24-37(35)49-36-19-9-7-16-32(36)33-23-22-30(26-38(33)49)31-18-11-21-40-41(31)34-17-8-10-20-39(34)50-40/h2*1-27H. The zero-order valence-electron chi connectivity index (χ0n) is 53.5. The second kappa shape index (κ2) is 24.1. The first-order chi connectivity index (χ1) is 49.6. The van der Waals surface area contributed by atoms with Crippen LogP contribution in [-0.4, -0.2) is 49.0 Å². The lowest BCUT2D eigenvalue weighted by Gasteiger charge is -2.14. The number of furan rings is 2. The van der Waals surface area contributed by atoms with Gasteiger partial charge in [0.2, 0.25) is 0 Å². The van der Waals surface area contributed by atoms with Crippen molar-refractivity contribution in [3.8, 4) is 102 Å². The Morgan fingerprint density at radius 1 is 0.250 bits per heavy atom. The Balaban J connectivity index is 0.000000139. The molecule has 12 heteroatoms. The maximum atomic E-state index is 6.26. The van der Waals surface area contributed by atoms with E-state index < -0.39 is 0 Å². The number of hydrogen-bond acceptors (Lipinski definition) is 10. The molecule has 8 aromatic heterocycles. The van der Waals surface area contributed by atoms with Crippen LogP contribution in [0.2, 0.25) is 0 Å². The van der Waals surface area contributed by atoms with E-state index in [0.29, 0.717) is 40.6 Å². The third kappa shape index (κ3) is 10.0. The van der Waals surface area contributed by atoms with Crippen LogP contribution in [0.25, 0.3) is 190 Å². The quantitative estimate of drug-likeness (QED) is 0.130. The van der Waals surface area contributed by atoms with E-state index in [1.807, 2.05) is 188 Å². The van der Waals surface area contributed by atoms with Gasteiger partial charge in [-0.05, 0) is 89.0 Å². The lowest BCUT2D eigenvalue weighted by molar-refractivity contribution is 0.668. The summed E-state index contributed by atoms with van der Waals surface area (Å²) in [5, 5.41) is 9.11. The summed E-state index contributed by atoms with van der Waals surface area (Å²) in [5.74, 6) is 3.48. The van der Waals surface area contributed by atoms with Gasteiger partial charge in [0, 0.05) is 89.6 Å². The molecule has 0 aliphatic carbocycles. The third-order valence-electron chi connectivity index (χ3n) is 18.7. The number of nitrogens with zero attached hydrogens (tertiary/aromatic N) is 10.